The number of ether oxygens (including phenoxy) is 1. The second kappa shape index (κ2) is 8.41. The molecule has 1 amide bonds. The molecule has 1 fully saturated rings. The van der Waals surface area contributed by atoms with Gasteiger partial charge in [-0.3, -0.25) is 4.79 Å². The monoisotopic (exact) mass is 453 g/mol. The van der Waals surface area contributed by atoms with Crippen LogP contribution in [0.1, 0.15) is 12.5 Å². The predicted molar refractivity (Wildman–Crippen MR) is 120 cm³/mol. The van der Waals surface area contributed by atoms with Crippen LogP contribution in [0.25, 0.3) is 10.9 Å². The zero-order valence-corrected chi connectivity index (χ0v) is 18.2. The van der Waals surface area contributed by atoms with Gasteiger partial charge in [-0.15, -0.1) is 0 Å². The summed E-state index contributed by atoms with van der Waals surface area (Å²) in [6, 6.07) is 17.9. The summed E-state index contributed by atoms with van der Waals surface area (Å²) in [5.41, 5.74) is 2.23. The number of piperazine rings is 1. The molecule has 0 N–H and O–H groups in total. The molecule has 2 heterocycles. The number of para-hydroxylation sites is 1. The Morgan fingerprint density at radius 2 is 1.76 bits per heavy atom. The van der Waals surface area contributed by atoms with Crippen molar-refractivity contribution in [3.63, 3.8) is 0 Å². The number of aromatic nitrogens is 1. The Morgan fingerprint density at radius 3 is 2.48 bits per heavy atom. The highest BCUT2D eigenvalue weighted by Gasteiger charge is 2.26. The van der Waals surface area contributed by atoms with Crippen molar-refractivity contribution in [2.75, 3.05) is 31.1 Å². The van der Waals surface area contributed by atoms with Crippen LogP contribution in [0, 0.1) is 6.92 Å². The van der Waals surface area contributed by atoms with Crippen LogP contribution < -0.4 is 9.64 Å². The molecule has 1 aromatic heterocycles. The Hall–Kier alpha value is -2.60. The lowest BCUT2D eigenvalue weighted by atomic mass is 10.1. The van der Waals surface area contributed by atoms with E-state index in [1.165, 1.54) is 10.9 Å². The van der Waals surface area contributed by atoms with E-state index in [-0.39, 0.29) is 5.91 Å². The van der Waals surface area contributed by atoms with E-state index in [1.807, 2.05) is 54.3 Å². The number of fused-ring (bicyclic) bond motifs is 1. The summed E-state index contributed by atoms with van der Waals surface area (Å²) >= 11 is 3.41. The Labute approximate surface area is 179 Å². The molecule has 0 saturated carbocycles. The summed E-state index contributed by atoms with van der Waals surface area (Å²) in [6.45, 7) is 6.79. The average molecular weight is 454 g/mol. The maximum atomic E-state index is 12.8. The lowest BCUT2D eigenvalue weighted by molar-refractivity contribution is -0.138. The number of carbonyl (C=O) groups excluding carboxylic acids is 1. The van der Waals surface area contributed by atoms with E-state index in [1.54, 1.807) is 0 Å². The summed E-state index contributed by atoms with van der Waals surface area (Å²) in [6.07, 6.45) is -0.510. The number of aryl methyl sites for hydroxylation is 1. The minimum Gasteiger partial charge on any atom is -0.481 e. The van der Waals surface area contributed by atoms with Gasteiger partial charge in [0.1, 0.15) is 11.6 Å². The van der Waals surface area contributed by atoms with Crippen LogP contribution in [-0.2, 0) is 4.79 Å². The third-order valence-corrected chi connectivity index (χ3v) is 5.83. The van der Waals surface area contributed by atoms with Crippen molar-refractivity contribution in [3.05, 3.63) is 64.6 Å². The van der Waals surface area contributed by atoms with Crippen molar-refractivity contribution in [1.29, 1.82) is 0 Å². The first-order chi connectivity index (χ1) is 14.0. The average Bonchev–Trinajstić information content (AvgIpc) is 2.75. The van der Waals surface area contributed by atoms with Gasteiger partial charge in [0.15, 0.2) is 6.10 Å². The number of carbonyl (C=O) groups is 1. The highest BCUT2D eigenvalue weighted by atomic mass is 79.9. The van der Waals surface area contributed by atoms with Gasteiger partial charge in [-0.25, -0.2) is 4.98 Å². The minimum absolute atomic E-state index is 0.0234. The minimum atomic E-state index is -0.510. The van der Waals surface area contributed by atoms with Crippen molar-refractivity contribution in [2.45, 2.75) is 20.0 Å². The SMILES string of the molecule is Cc1cc(N2CCN(C(=O)C(C)Oc3ccc(Br)cc3)CC2)nc2ccccc12. The van der Waals surface area contributed by atoms with Gasteiger partial charge >= 0.3 is 0 Å². The number of pyridine rings is 1. The number of anilines is 1. The maximum Gasteiger partial charge on any atom is 0.263 e. The lowest BCUT2D eigenvalue weighted by Crippen LogP contribution is -2.52. The third-order valence-electron chi connectivity index (χ3n) is 5.30. The Morgan fingerprint density at radius 1 is 1.07 bits per heavy atom. The summed E-state index contributed by atoms with van der Waals surface area (Å²) in [7, 11) is 0. The van der Waals surface area contributed by atoms with Crippen LogP contribution in [0.2, 0.25) is 0 Å². The molecule has 0 aliphatic carbocycles. The first kappa shape index (κ1) is 19.7. The number of hydrogen-bond acceptors (Lipinski definition) is 4. The Balaban J connectivity index is 1.38. The van der Waals surface area contributed by atoms with Crippen molar-refractivity contribution < 1.29 is 9.53 Å². The molecule has 5 nitrogen and oxygen atoms in total. The maximum absolute atomic E-state index is 12.8. The molecular formula is C23H24BrN3O2. The molecule has 0 spiro atoms. The molecule has 1 atom stereocenters. The van der Waals surface area contributed by atoms with Crippen molar-refractivity contribution in [2.24, 2.45) is 0 Å². The van der Waals surface area contributed by atoms with E-state index in [9.17, 15) is 4.79 Å². The fraction of sp³-hybridized carbons (Fsp3) is 0.304. The molecule has 1 saturated heterocycles. The molecule has 150 valence electrons. The fourth-order valence-corrected chi connectivity index (χ4v) is 3.94. The van der Waals surface area contributed by atoms with Crippen LogP contribution in [0.15, 0.2) is 59.1 Å². The van der Waals surface area contributed by atoms with Crippen LogP contribution in [0.3, 0.4) is 0 Å². The predicted octanol–water partition coefficient (Wildman–Crippen LogP) is 4.42. The van der Waals surface area contributed by atoms with E-state index in [0.717, 1.165) is 28.9 Å². The zero-order valence-electron chi connectivity index (χ0n) is 16.6. The highest BCUT2D eigenvalue weighted by Crippen LogP contribution is 2.23. The van der Waals surface area contributed by atoms with Crippen molar-refractivity contribution >= 4 is 38.6 Å². The first-order valence-corrected chi connectivity index (χ1v) is 10.6. The summed E-state index contributed by atoms with van der Waals surface area (Å²) < 4.78 is 6.81. The van der Waals surface area contributed by atoms with Gasteiger partial charge in [0, 0.05) is 36.0 Å². The lowest BCUT2D eigenvalue weighted by Gasteiger charge is -2.36. The van der Waals surface area contributed by atoms with E-state index in [4.69, 9.17) is 9.72 Å². The standard InChI is InChI=1S/C23H24BrN3O2/c1-16-15-22(25-21-6-4-3-5-20(16)21)26-11-13-27(14-12-26)23(28)17(2)29-19-9-7-18(24)8-10-19/h3-10,15,17H,11-14H2,1-2H3. The number of halogens is 1. The van der Waals surface area contributed by atoms with E-state index >= 15 is 0 Å². The summed E-state index contributed by atoms with van der Waals surface area (Å²) in [4.78, 5) is 21.8. The molecule has 0 bridgehead atoms. The topological polar surface area (TPSA) is 45.7 Å². The van der Waals surface area contributed by atoms with Gasteiger partial charge < -0.3 is 14.5 Å². The molecule has 6 heteroatoms. The third kappa shape index (κ3) is 4.37. The quantitative estimate of drug-likeness (QED) is 0.586. The summed E-state index contributed by atoms with van der Waals surface area (Å²) in [5, 5.41) is 1.18. The molecule has 0 radical (unpaired) electrons. The van der Waals surface area contributed by atoms with E-state index < -0.39 is 6.10 Å². The number of hydrogen-bond donors (Lipinski definition) is 0. The van der Waals surface area contributed by atoms with Gasteiger partial charge in [0.25, 0.3) is 5.91 Å². The fourth-order valence-electron chi connectivity index (χ4n) is 3.67. The van der Waals surface area contributed by atoms with Crippen LogP contribution in [0.5, 0.6) is 5.75 Å². The Kier molecular flexibility index (Phi) is 5.72. The second-order valence-corrected chi connectivity index (χ2v) is 8.26. The van der Waals surface area contributed by atoms with Gasteiger partial charge in [-0.1, -0.05) is 34.1 Å². The zero-order chi connectivity index (χ0) is 20.4. The van der Waals surface area contributed by atoms with Gasteiger partial charge in [-0.05, 0) is 55.8 Å². The molecular weight excluding hydrogens is 430 g/mol. The molecule has 1 aliphatic rings. The smallest absolute Gasteiger partial charge is 0.263 e. The Bertz CT molecular complexity index is 1010. The van der Waals surface area contributed by atoms with Gasteiger partial charge in [0.05, 0.1) is 5.52 Å². The number of amides is 1. The largest absolute Gasteiger partial charge is 0.481 e. The first-order valence-electron chi connectivity index (χ1n) is 9.83. The number of nitrogens with zero attached hydrogens (tertiary/aromatic N) is 3. The highest BCUT2D eigenvalue weighted by molar-refractivity contribution is 9.10. The molecule has 29 heavy (non-hydrogen) atoms. The molecule has 3 aromatic rings. The van der Waals surface area contributed by atoms with Crippen molar-refractivity contribution in [3.8, 4) is 5.75 Å². The van der Waals surface area contributed by atoms with Crippen LogP contribution in [-0.4, -0.2) is 48.1 Å². The van der Waals surface area contributed by atoms with Crippen molar-refractivity contribution in [1.82, 2.24) is 9.88 Å². The number of benzene rings is 2. The summed E-state index contributed by atoms with van der Waals surface area (Å²) in [5.74, 6) is 1.70. The normalized spacial score (nSPS) is 15.4. The molecule has 2 aromatic carbocycles. The van der Waals surface area contributed by atoms with E-state index in [2.05, 4.69) is 39.9 Å². The van der Waals surface area contributed by atoms with Crippen LogP contribution >= 0.6 is 15.9 Å². The van der Waals surface area contributed by atoms with E-state index in [0.29, 0.717) is 18.8 Å². The van der Waals surface area contributed by atoms with Crippen LogP contribution in [0.4, 0.5) is 5.82 Å². The molecule has 1 aliphatic heterocycles. The second-order valence-electron chi connectivity index (χ2n) is 7.34. The molecule has 1 unspecified atom stereocenters. The number of rotatable bonds is 4. The van der Waals surface area contributed by atoms with Gasteiger partial charge in [-0.2, -0.15) is 0 Å². The molecule has 4 rings (SSSR count). The van der Waals surface area contributed by atoms with Gasteiger partial charge in [0.2, 0.25) is 0 Å².